The van der Waals surface area contributed by atoms with E-state index in [4.69, 9.17) is 17.3 Å². The third-order valence-electron chi connectivity index (χ3n) is 2.55. The number of thiophene rings is 1. The van der Waals surface area contributed by atoms with Gasteiger partial charge in [0.15, 0.2) is 0 Å². The van der Waals surface area contributed by atoms with Crippen LogP contribution in [0.3, 0.4) is 0 Å². The summed E-state index contributed by atoms with van der Waals surface area (Å²) >= 11 is 7.04. The van der Waals surface area contributed by atoms with Crippen molar-refractivity contribution in [2.75, 3.05) is 11.9 Å². The summed E-state index contributed by atoms with van der Waals surface area (Å²) in [5.74, 6) is -0.964. The standard InChI is InChI=1S/C13H14ClN3O2S/c1-7(15)6-17-9-5-10(20-12(9)13(18)19)8-2-3-16-11(14)4-8/h2-5,7,17H,6,15H2,1H3,(H,18,19). The van der Waals surface area contributed by atoms with Crippen LogP contribution in [0.15, 0.2) is 24.4 Å². The Balaban J connectivity index is 2.36. The third kappa shape index (κ3) is 3.47. The average Bonchev–Trinajstić information content (AvgIpc) is 2.80. The lowest BCUT2D eigenvalue weighted by Gasteiger charge is -2.07. The molecule has 2 aromatic rings. The summed E-state index contributed by atoms with van der Waals surface area (Å²) in [6.07, 6.45) is 1.59. The van der Waals surface area contributed by atoms with Gasteiger partial charge in [-0.15, -0.1) is 11.3 Å². The van der Waals surface area contributed by atoms with Gasteiger partial charge in [0.25, 0.3) is 0 Å². The largest absolute Gasteiger partial charge is 0.477 e. The minimum Gasteiger partial charge on any atom is -0.477 e. The minimum absolute atomic E-state index is 0.0598. The number of halogens is 1. The van der Waals surface area contributed by atoms with E-state index >= 15 is 0 Å². The van der Waals surface area contributed by atoms with E-state index in [2.05, 4.69) is 10.3 Å². The lowest BCUT2D eigenvalue weighted by atomic mass is 10.2. The molecule has 0 saturated carbocycles. The normalized spacial score (nSPS) is 12.2. The number of nitrogens with two attached hydrogens (primary N) is 1. The summed E-state index contributed by atoms with van der Waals surface area (Å²) in [6.45, 7) is 2.36. The highest BCUT2D eigenvalue weighted by Gasteiger charge is 2.16. The Kier molecular flexibility index (Phi) is 4.59. The molecular formula is C13H14ClN3O2S. The van der Waals surface area contributed by atoms with Crippen molar-refractivity contribution in [2.45, 2.75) is 13.0 Å². The highest BCUT2D eigenvalue weighted by Crippen LogP contribution is 2.35. The second-order valence-electron chi connectivity index (χ2n) is 4.38. The molecule has 20 heavy (non-hydrogen) atoms. The molecule has 0 aromatic carbocycles. The van der Waals surface area contributed by atoms with Crippen molar-refractivity contribution in [1.29, 1.82) is 0 Å². The van der Waals surface area contributed by atoms with Crippen LogP contribution in [-0.2, 0) is 0 Å². The van der Waals surface area contributed by atoms with Gasteiger partial charge >= 0.3 is 5.97 Å². The van der Waals surface area contributed by atoms with Crippen molar-refractivity contribution >= 4 is 34.6 Å². The maximum absolute atomic E-state index is 11.3. The number of carbonyl (C=O) groups is 1. The number of nitrogens with zero attached hydrogens (tertiary/aromatic N) is 1. The zero-order chi connectivity index (χ0) is 14.7. The summed E-state index contributed by atoms with van der Waals surface area (Å²) in [4.78, 5) is 16.3. The fourth-order valence-electron chi connectivity index (χ4n) is 1.65. The second kappa shape index (κ2) is 6.21. The first-order chi connectivity index (χ1) is 9.47. The smallest absolute Gasteiger partial charge is 0.348 e. The number of nitrogens with one attached hydrogen (secondary N) is 1. The highest BCUT2D eigenvalue weighted by molar-refractivity contribution is 7.18. The Hall–Kier alpha value is -1.63. The molecule has 7 heteroatoms. The van der Waals surface area contributed by atoms with E-state index in [1.807, 2.05) is 6.92 Å². The molecule has 0 bridgehead atoms. The molecule has 0 saturated heterocycles. The SMILES string of the molecule is CC(N)CNc1cc(-c2ccnc(Cl)c2)sc1C(=O)O. The summed E-state index contributed by atoms with van der Waals surface area (Å²) in [6, 6.07) is 5.23. The first-order valence-corrected chi connectivity index (χ1v) is 7.15. The Labute approximate surface area is 125 Å². The van der Waals surface area contributed by atoms with Gasteiger partial charge in [-0.2, -0.15) is 0 Å². The van der Waals surface area contributed by atoms with Gasteiger partial charge in [0.2, 0.25) is 0 Å². The molecule has 5 nitrogen and oxygen atoms in total. The molecule has 4 N–H and O–H groups in total. The molecule has 106 valence electrons. The van der Waals surface area contributed by atoms with Crippen LogP contribution in [0, 0.1) is 0 Å². The van der Waals surface area contributed by atoms with Gasteiger partial charge in [0.1, 0.15) is 10.0 Å². The van der Waals surface area contributed by atoms with E-state index in [9.17, 15) is 9.90 Å². The van der Waals surface area contributed by atoms with E-state index in [-0.39, 0.29) is 10.9 Å². The zero-order valence-electron chi connectivity index (χ0n) is 10.8. The number of hydrogen-bond donors (Lipinski definition) is 3. The predicted octanol–water partition coefficient (Wildman–Crippen LogP) is 2.92. The number of anilines is 1. The summed E-state index contributed by atoms with van der Waals surface area (Å²) in [5.41, 5.74) is 7.08. The topological polar surface area (TPSA) is 88.2 Å². The number of rotatable bonds is 5. The predicted molar refractivity (Wildman–Crippen MR) is 81.7 cm³/mol. The van der Waals surface area contributed by atoms with Crippen LogP contribution in [0.4, 0.5) is 5.69 Å². The van der Waals surface area contributed by atoms with Crippen molar-refractivity contribution in [2.24, 2.45) is 5.73 Å². The molecule has 0 amide bonds. The first-order valence-electron chi connectivity index (χ1n) is 5.96. The number of aromatic nitrogens is 1. The van der Waals surface area contributed by atoms with Crippen molar-refractivity contribution in [3.8, 4) is 10.4 Å². The number of carboxylic acid groups (broad SMARTS) is 1. The number of hydrogen-bond acceptors (Lipinski definition) is 5. The van der Waals surface area contributed by atoms with Gasteiger partial charge in [-0.1, -0.05) is 11.6 Å². The summed E-state index contributed by atoms with van der Waals surface area (Å²) in [7, 11) is 0. The van der Waals surface area contributed by atoms with Gasteiger partial charge in [-0.05, 0) is 30.7 Å². The molecule has 0 aliphatic heterocycles. The Morgan fingerprint density at radius 1 is 1.60 bits per heavy atom. The highest BCUT2D eigenvalue weighted by atomic mass is 35.5. The lowest BCUT2D eigenvalue weighted by molar-refractivity contribution is 0.0703. The molecule has 1 unspecified atom stereocenters. The van der Waals surface area contributed by atoms with Crippen molar-refractivity contribution in [3.05, 3.63) is 34.4 Å². The van der Waals surface area contributed by atoms with E-state index in [0.29, 0.717) is 17.4 Å². The molecule has 0 radical (unpaired) electrons. The zero-order valence-corrected chi connectivity index (χ0v) is 12.3. The van der Waals surface area contributed by atoms with Gasteiger partial charge in [0.05, 0.1) is 5.69 Å². The quantitative estimate of drug-likeness (QED) is 0.739. The number of pyridine rings is 1. The van der Waals surface area contributed by atoms with Crippen LogP contribution in [0.25, 0.3) is 10.4 Å². The van der Waals surface area contributed by atoms with E-state index in [1.165, 1.54) is 11.3 Å². The molecular weight excluding hydrogens is 298 g/mol. The molecule has 0 fully saturated rings. The van der Waals surface area contributed by atoms with Gasteiger partial charge in [-0.25, -0.2) is 9.78 Å². The minimum atomic E-state index is -0.964. The van der Waals surface area contributed by atoms with Crippen LogP contribution in [0.1, 0.15) is 16.6 Å². The monoisotopic (exact) mass is 311 g/mol. The summed E-state index contributed by atoms with van der Waals surface area (Å²) < 4.78 is 0. The summed E-state index contributed by atoms with van der Waals surface area (Å²) in [5, 5.41) is 12.7. The van der Waals surface area contributed by atoms with Gasteiger partial charge in [0, 0.05) is 23.7 Å². The Morgan fingerprint density at radius 2 is 2.35 bits per heavy atom. The molecule has 2 rings (SSSR count). The van der Waals surface area contributed by atoms with E-state index in [0.717, 1.165) is 10.4 Å². The van der Waals surface area contributed by atoms with Crippen molar-refractivity contribution in [1.82, 2.24) is 4.98 Å². The van der Waals surface area contributed by atoms with Crippen molar-refractivity contribution < 1.29 is 9.90 Å². The fraction of sp³-hybridized carbons (Fsp3) is 0.231. The Morgan fingerprint density at radius 3 is 2.95 bits per heavy atom. The average molecular weight is 312 g/mol. The second-order valence-corrected chi connectivity index (χ2v) is 5.82. The van der Waals surface area contributed by atoms with Crippen LogP contribution in [0.5, 0.6) is 0 Å². The number of aromatic carboxylic acids is 1. The maximum atomic E-state index is 11.3. The first kappa shape index (κ1) is 14.8. The fourth-order valence-corrected chi connectivity index (χ4v) is 2.79. The van der Waals surface area contributed by atoms with Crippen LogP contribution >= 0.6 is 22.9 Å². The Bertz CT molecular complexity index is 628. The third-order valence-corrected chi connectivity index (χ3v) is 3.93. The van der Waals surface area contributed by atoms with E-state index < -0.39 is 5.97 Å². The molecule has 0 aliphatic carbocycles. The van der Waals surface area contributed by atoms with E-state index in [1.54, 1.807) is 24.4 Å². The van der Waals surface area contributed by atoms with Gasteiger partial charge < -0.3 is 16.2 Å². The number of carboxylic acids is 1. The van der Waals surface area contributed by atoms with Crippen molar-refractivity contribution in [3.63, 3.8) is 0 Å². The van der Waals surface area contributed by atoms with Gasteiger partial charge in [-0.3, -0.25) is 0 Å². The molecule has 1 atom stereocenters. The van der Waals surface area contributed by atoms with Crippen LogP contribution in [0.2, 0.25) is 5.15 Å². The maximum Gasteiger partial charge on any atom is 0.348 e. The molecule has 2 heterocycles. The molecule has 2 aromatic heterocycles. The molecule has 0 spiro atoms. The van der Waals surface area contributed by atoms with Crippen LogP contribution in [-0.4, -0.2) is 28.6 Å². The lowest BCUT2D eigenvalue weighted by Crippen LogP contribution is -2.25. The van der Waals surface area contributed by atoms with Crippen LogP contribution < -0.4 is 11.1 Å². The molecule has 0 aliphatic rings.